The summed E-state index contributed by atoms with van der Waals surface area (Å²) < 4.78 is 19.6. The lowest BCUT2D eigenvalue weighted by molar-refractivity contribution is -0.0192. The van der Waals surface area contributed by atoms with Gasteiger partial charge in [-0.25, -0.2) is 4.39 Å². The average Bonchev–Trinajstić information content (AvgIpc) is 2.46. The first kappa shape index (κ1) is 14.9. The van der Waals surface area contributed by atoms with Crippen LogP contribution in [0.15, 0.2) is 18.2 Å². The van der Waals surface area contributed by atoms with Crippen LogP contribution < -0.4 is 11.5 Å². The molecule has 0 radical (unpaired) electrons. The van der Waals surface area contributed by atoms with Crippen molar-refractivity contribution in [2.24, 2.45) is 17.4 Å². The number of hydrogen-bond acceptors (Lipinski definition) is 3. The van der Waals surface area contributed by atoms with Gasteiger partial charge in [0.2, 0.25) is 5.91 Å². The Kier molecular flexibility index (Phi) is 5.09. The summed E-state index contributed by atoms with van der Waals surface area (Å²) in [6, 6.07) is 4.23. The van der Waals surface area contributed by atoms with Gasteiger partial charge in [-0.2, -0.15) is 0 Å². The van der Waals surface area contributed by atoms with Crippen molar-refractivity contribution < 1.29 is 13.9 Å². The van der Waals surface area contributed by atoms with Crippen LogP contribution in [-0.4, -0.2) is 18.6 Å². The zero-order chi connectivity index (χ0) is 14.5. The molecule has 1 aromatic rings. The van der Waals surface area contributed by atoms with Crippen molar-refractivity contribution in [1.82, 2.24) is 0 Å². The van der Waals surface area contributed by atoms with Gasteiger partial charge in [-0.15, -0.1) is 0 Å². The summed E-state index contributed by atoms with van der Waals surface area (Å²) in [6.45, 7) is 0.805. The molecule has 5 heteroatoms. The van der Waals surface area contributed by atoms with Gasteiger partial charge in [-0.05, 0) is 37.4 Å². The third-order valence-corrected chi connectivity index (χ3v) is 3.93. The van der Waals surface area contributed by atoms with E-state index < -0.39 is 11.7 Å². The normalized spacial score (nSPS) is 22.7. The maximum Gasteiger partial charge on any atom is 0.248 e. The minimum Gasteiger partial charge on any atom is -0.373 e. The van der Waals surface area contributed by atoms with E-state index in [2.05, 4.69) is 0 Å². The number of carbonyl (C=O) groups is 1. The number of primary amides is 1. The molecule has 1 saturated carbocycles. The van der Waals surface area contributed by atoms with Gasteiger partial charge in [0.15, 0.2) is 0 Å². The zero-order valence-electron chi connectivity index (χ0n) is 11.5. The van der Waals surface area contributed by atoms with E-state index in [1.807, 2.05) is 0 Å². The molecule has 0 saturated heterocycles. The van der Waals surface area contributed by atoms with Crippen molar-refractivity contribution in [3.8, 4) is 0 Å². The van der Waals surface area contributed by atoms with E-state index in [9.17, 15) is 9.18 Å². The van der Waals surface area contributed by atoms with E-state index in [0.717, 1.165) is 25.3 Å². The number of amides is 1. The van der Waals surface area contributed by atoms with Crippen molar-refractivity contribution in [2.45, 2.75) is 38.4 Å². The highest BCUT2D eigenvalue weighted by Crippen LogP contribution is 2.27. The second-order valence-corrected chi connectivity index (χ2v) is 5.30. The third kappa shape index (κ3) is 3.55. The number of carbonyl (C=O) groups excluding carboxylic acids is 1. The molecule has 1 aromatic carbocycles. The lowest BCUT2D eigenvalue weighted by Crippen LogP contribution is -2.33. The fourth-order valence-electron chi connectivity index (χ4n) is 2.68. The molecule has 20 heavy (non-hydrogen) atoms. The number of nitrogens with two attached hydrogens (primary N) is 2. The standard InChI is InChI=1S/C15H21FN2O2/c16-13-7-10(15(18)19)5-6-12(13)9-20-14-4-2-1-3-11(14)8-17/h5-7,11,14H,1-4,8-9,17H2,(H2,18,19). The Morgan fingerprint density at radius 1 is 1.35 bits per heavy atom. The van der Waals surface area contributed by atoms with E-state index in [4.69, 9.17) is 16.2 Å². The molecule has 0 bridgehead atoms. The molecule has 1 aliphatic carbocycles. The van der Waals surface area contributed by atoms with Gasteiger partial charge < -0.3 is 16.2 Å². The molecule has 0 aliphatic heterocycles. The Balaban J connectivity index is 1.98. The van der Waals surface area contributed by atoms with Crippen LogP contribution in [0.5, 0.6) is 0 Å². The first-order chi connectivity index (χ1) is 9.61. The topological polar surface area (TPSA) is 78.3 Å². The molecule has 0 aromatic heterocycles. The van der Waals surface area contributed by atoms with Crippen LogP contribution in [0.2, 0.25) is 0 Å². The fraction of sp³-hybridized carbons (Fsp3) is 0.533. The van der Waals surface area contributed by atoms with Crippen LogP contribution in [0.3, 0.4) is 0 Å². The molecule has 2 rings (SSSR count). The van der Waals surface area contributed by atoms with Crippen molar-refractivity contribution in [2.75, 3.05) is 6.54 Å². The highest BCUT2D eigenvalue weighted by molar-refractivity contribution is 5.92. The number of halogens is 1. The summed E-state index contributed by atoms with van der Waals surface area (Å²) in [5.74, 6) is -0.732. The molecular weight excluding hydrogens is 259 g/mol. The molecule has 2 unspecified atom stereocenters. The molecule has 4 N–H and O–H groups in total. The second-order valence-electron chi connectivity index (χ2n) is 5.30. The Bertz CT molecular complexity index is 479. The number of hydrogen-bond donors (Lipinski definition) is 2. The first-order valence-corrected chi connectivity index (χ1v) is 7.01. The van der Waals surface area contributed by atoms with Gasteiger partial charge in [-0.1, -0.05) is 18.9 Å². The van der Waals surface area contributed by atoms with Crippen LogP contribution in [0.1, 0.15) is 41.6 Å². The van der Waals surface area contributed by atoms with Gasteiger partial charge in [0.1, 0.15) is 5.82 Å². The minimum absolute atomic E-state index is 0.101. The predicted molar refractivity (Wildman–Crippen MR) is 74.5 cm³/mol. The van der Waals surface area contributed by atoms with Gasteiger partial charge >= 0.3 is 0 Å². The molecule has 0 heterocycles. The highest BCUT2D eigenvalue weighted by atomic mass is 19.1. The van der Waals surface area contributed by atoms with E-state index in [1.54, 1.807) is 6.07 Å². The van der Waals surface area contributed by atoms with Crippen molar-refractivity contribution in [1.29, 1.82) is 0 Å². The molecular formula is C15H21FN2O2. The van der Waals surface area contributed by atoms with Gasteiger partial charge in [0.25, 0.3) is 0 Å². The van der Waals surface area contributed by atoms with Crippen molar-refractivity contribution in [3.63, 3.8) is 0 Å². The Hall–Kier alpha value is -1.46. The smallest absolute Gasteiger partial charge is 0.248 e. The summed E-state index contributed by atoms with van der Waals surface area (Å²) in [5.41, 5.74) is 11.5. The van der Waals surface area contributed by atoms with Crippen LogP contribution in [0.25, 0.3) is 0 Å². The predicted octanol–water partition coefficient (Wildman–Crippen LogP) is 1.96. The van der Waals surface area contributed by atoms with Crippen LogP contribution in [0, 0.1) is 11.7 Å². The van der Waals surface area contributed by atoms with Crippen LogP contribution in [-0.2, 0) is 11.3 Å². The van der Waals surface area contributed by atoms with E-state index >= 15 is 0 Å². The van der Waals surface area contributed by atoms with E-state index in [-0.39, 0.29) is 18.3 Å². The summed E-state index contributed by atoms with van der Waals surface area (Å²) in [4.78, 5) is 11.0. The molecule has 4 nitrogen and oxygen atoms in total. The fourth-order valence-corrected chi connectivity index (χ4v) is 2.68. The number of rotatable bonds is 5. The lowest BCUT2D eigenvalue weighted by atomic mass is 9.86. The molecule has 110 valence electrons. The SMILES string of the molecule is NCC1CCCCC1OCc1ccc(C(N)=O)cc1F. The van der Waals surface area contributed by atoms with E-state index in [1.165, 1.54) is 12.5 Å². The average molecular weight is 280 g/mol. The van der Waals surface area contributed by atoms with E-state index in [0.29, 0.717) is 18.0 Å². The van der Waals surface area contributed by atoms with Gasteiger partial charge in [-0.3, -0.25) is 4.79 Å². The summed E-state index contributed by atoms with van der Waals surface area (Å²) >= 11 is 0. The maximum atomic E-state index is 13.8. The Labute approximate surface area is 118 Å². The molecule has 1 amide bonds. The molecule has 0 spiro atoms. The molecule has 1 fully saturated rings. The summed E-state index contributed by atoms with van der Waals surface area (Å²) in [7, 11) is 0. The quantitative estimate of drug-likeness (QED) is 0.865. The second kappa shape index (κ2) is 6.81. The lowest BCUT2D eigenvalue weighted by Gasteiger charge is -2.30. The largest absolute Gasteiger partial charge is 0.373 e. The van der Waals surface area contributed by atoms with Crippen LogP contribution >= 0.6 is 0 Å². The third-order valence-electron chi connectivity index (χ3n) is 3.93. The maximum absolute atomic E-state index is 13.8. The monoisotopic (exact) mass is 280 g/mol. The zero-order valence-corrected chi connectivity index (χ0v) is 11.5. The first-order valence-electron chi connectivity index (χ1n) is 7.01. The summed E-state index contributed by atoms with van der Waals surface area (Å²) in [5, 5.41) is 0. The van der Waals surface area contributed by atoms with Crippen LogP contribution in [0.4, 0.5) is 4.39 Å². The Morgan fingerprint density at radius 2 is 2.10 bits per heavy atom. The van der Waals surface area contributed by atoms with Crippen molar-refractivity contribution >= 4 is 5.91 Å². The van der Waals surface area contributed by atoms with Gasteiger partial charge in [0.05, 0.1) is 12.7 Å². The Morgan fingerprint density at radius 3 is 2.75 bits per heavy atom. The minimum atomic E-state index is -0.633. The molecule has 1 aliphatic rings. The van der Waals surface area contributed by atoms with Crippen molar-refractivity contribution in [3.05, 3.63) is 35.1 Å². The van der Waals surface area contributed by atoms with Gasteiger partial charge in [0, 0.05) is 11.1 Å². The number of benzene rings is 1. The number of ether oxygens (including phenoxy) is 1. The highest BCUT2D eigenvalue weighted by Gasteiger charge is 2.24. The summed E-state index contributed by atoms with van der Waals surface area (Å²) in [6.07, 6.45) is 4.46. The molecule has 2 atom stereocenters.